The summed E-state index contributed by atoms with van der Waals surface area (Å²) in [4.78, 5) is 12.1. The number of amides is 1. The standard InChI is InChI=1S/C19H15F3N4O/c1-11-3-2-4-12(9-11)10-17(27)24-16-8-7-15(25-26-16)23-14-6-5-13(20)18(21)19(14)22/h2-9H,10H2,1H3,(H,23,25)(H,24,26,27). The van der Waals surface area contributed by atoms with Gasteiger partial charge in [-0.15, -0.1) is 10.2 Å². The molecule has 1 aromatic heterocycles. The summed E-state index contributed by atoms with van der Waals surface area (Å²) in [6.45, 7) is 1.94. The lowest BCUT2D eigenvalue weighted by Crippen LogP contribution is -2.15. The lowest BCUT2D eigenvalue weighted by Gasteiger charge is -2.08. The van der Waals surface area contributed by atoms with Crippen molar-refractivity contribution < 1.29 is 18.0 Å². The van der Waals surface area contributed by atoms with Crippen LogP contribution in [-0.2, 0) is 11.2 Å². The zero-order valence-corrected chi connectivity index (χ0v) is 14.3. The smallest absolute Gasteiger partial charge is 0.229 e. The molecule has 0 saturated carbocycles. The summed E-state index contributed by atoms with van der Waals surface area (Å²) in [5.74, 6) is -4.15. The average Bonchev–Trinajstić information content (AvgIpc) is 2.64. The van der Waals surface area contributed by atoms with Crippen LogP contribution in [-0.4, -0.2) is 16.1 Å². The fourth-order valence-electron chi connectivity index (χ4n) is 2.42. The average molecular weight is 372 g/mol. The molecule has 0 aliphatic rings. The molecule has 27 heavy (non-hydrogen) atoms. The number of aromatic nitrogens is 2. The van der Waals surface area contributed by atoms with Gasteiger partial charge in [0.1, 0.15) is 0 Å². The topological polar surface area (TPSA) is 66.9 Å². The van der Waals surface area contributed by atoms with Crippen LogP contribution in [0.2, 0.25) is 0 Å². The molecule has 0 unspecified atom stereocenters. The number of halogens is 3. The van der Waals surface area contributed by atoms with E-state index in [0.717, 1.165) is 23.3 Å². The first-order valence-electron chi connectivity index (χ1n) is 8.02. The van der Waals surface area contributed by atoms with Crippen molar-refractivity contribution in [2.75, 3.05) is 10.6 Å². The summed E-state index contributed by atoms with van der Waals surface area (Å²) in [5, 5.41) is 12.7. The highest BCUT2D eigenvalue weighted by Gasteiger charge is 2.14. The molecule has 0 aliphatic carbocycles. The number of carbonyl (C=O) groups is 1. The fraction of sp³-hybridized carbons (Fsp3) is 0.105. The lowest BCUT2D eigenvalue weighted by atomic mass is 10.1. The molecule has 3 rings (SSSR count). The molecule has 0 aliphatic heterocycles. The molecular weight excluding hydrogens is 357 g/mol. The number of anilines is 3. The zero-order chi connectivity index (χ0) is 19.4. The molecule has 2 aromatic carbocycles. The van der Waals surface area contributed by atoms with Crippen LogP contribution in [0.5, 0.6) is 0 Å². The molecule has 0 fully saturated rings. The number of hydrogen-bond donors (Lipinski definition) is 2. The first-order chi connectivity index (χ1) is 12.9. The van der Waals surface area contributed by atoms with Gasteiger partial charge in [-0.25, -0.2) is 13.2 Å². The van der Waals surface area contributed by atoms with Gasteiger partial charge in [0.15, 0.2) is 29.1 Å². The minimum Gasteiger partial charge on any atom is -0.336 e. The molecule has 1 heterocycles. The van der Waals surface area contributed by atoms with Crippen molar-refractivity contribution in [3.05, 3.63) is 77.1 Å². The van der Waals surface area contributed by atoms with E-state index >= 15 is 0 Å². The molecule has 0 bridgehead atoms. The third kappa shape index (κ3) is 4.60. The SMILES string of the molecule is Cc1cccc(CC(=O)Nc2ccc(Nc3ccc(F)c(F)c3F)nn2)c1. The number of carbonyl (C=O) groups excluding carboxylic acids is 1. The lowest BCUT2D eigenvalue weighted by molar-refractivity contribution is -0.115. The van der Waals surface area contributed by atoms with Crippen LogP contribution in [0.1, 0.15) is 11.1 Å². The van der Waals surface area contributed by atoms with E-state index < -0.39 is 17.5 Å². The summed E-state index contributed by atoms with van der Waals surface area (Å²) in [7, 11) is 0. The summed E-state index contributed by atoms with van der Waals surface area (Å²) < 4.78 is 39.8. The Labute approximate surface area is 153 Å². The Balaban J connectivity index is 1.63. The maximum Gasteiger partial charge on any atom is 0.229 e. The monoisotopic (exact) mass is 372 g/mol. The number of benzene rings is 2. The Hall–Kier alpha value is -3.42. The molecule has 5 nitrogen and oxygen atoms in total. The first kappa shape index (κ1) is 18.4. The van der Waals surface area contributed by atoms with Gasteiger partial charge in [0.25, 0.3) is 0 Å². The Bertz CT molecular complexity index is 977. The van der Waals surface area contributed by atoms with Crippen molar-refractivity contribution in [2.24, 2.45) is 0 Å². The number of nitrogens with zero attached hydrogens (tertiary/aromatic N) is 2. The van der Waals surface area contributed by atoms with Gasteiger partial charge in [-0.3, -0.25) is 4.79 Å². The van der Waals surface area contributed by atoms with Crippen LogP contribution in [0, 0.1) is 24.4 Å². The quantitative estimate of drug-likeness (QED) is 0.661. The number of rotatable bonds is 5. The van der Waals surface area contributed by atoms with Crippen molar-refractivity contribution in [1.82, 2.24) is 10.2 Å². The maximum absolute atomic E-state index is 13.7. The van der Waals surface area contributed by atoms with Crippen molar-refractivity contribution in [3.8, 4) is 0 Å². The predicted octanol–water partition coefficient (Wildman–Crippen LogP) is 4.13. The number of nitrogens with one attached hydrogen (secondary N) is 2. The van der Waals surface area contributed by atoms with Gasteiger partial charge < -0.3 is 10.6 Å². The normalized spacial score (nSPS) is 10.5. The van der Waals surface area contributed by atoms with E-state index in [4.69, 9.17) is 0 Å². The maximum atomic E-state index is 13.7. The third-order valence-corrected chi connectivity index (χ3v) is 3.68. The molecule has 0 atom stereocenters. The molecular formula is C19H15F3N4O. The van der Waals surface area contributed by atoms with E-state index in [1.54, 1.807) is 0 Å². The van der Waals surface area contributed by atoms with Crippen molar-refractivity contribution in [3.63, 3.8) is 0 Å². The van der Waals surface area contributed by atoms with Crippen LogP contribution in [0.4, 0.5) is 30.5 Å². The van der Waals surface area contributed by atoms with Gasteiger partial charge in [0.2, 0.25) is 5.91 Å². The highest BCUT2D eigenvalue weighted by Crippen LogP contribution is 2.22. The van der Waals surface area contributed by atoms with Gasteiger partial charge in [0, 0.05) is 0 Å². The predicted molar refractivity (Wildman–Crippen MR) is 95.1 cm³/mol. The van der Waals surface area contributed by atoms with E-state index in [-0.39, 0.29) is 29.7 Å². The molecule has 0 saturated heterocycles. The van der Waals surface area contributed by atoms with Crippen LogP contribution in [0.3, 0.4) is 0 Å². The third-order valence-electron chi connectivity index (χ3n) is 3.68. The zero-order valence-electron chi connectivity index (χ0n) is 14.3. The molecule has 138 valence electrons. The van der Waals surface area contributed by atoms with Crippen LogP contribution in [0.25, 0.3) is 0 Å². The second-order valence-electron chi connectivity index (χ2n) is 5.87. The van der Waals surface area contributed by atoms with E-state index in [1.807, 2.05) is 31.2 Å². The second kappa shape index (κ2) is 7.86. The van der Waals surface area contributed by atoms with Gasteiger partial charge in [0.05, 0.1) is 12.1 Å². The van der Waals surface area contributed by atoms with Gasteiger partial charge in [-0.05, 0) is 36.8 Å². The second-order valence-corrected chi connectivity index (χ2v) is 5.87. The van der Waals surface area contributed by atoms with E-state index in [2.05, 4.69) is 20.8 Å². The molecule has 1 amide bonds. The summed E-state index contributed by atoms with van der Waals surface area (Å²) in [5.41, 5.74) is 1.65. The van der Waals surface area contributed by atoms with E-state index in [1.165, 1.54) is 12.1 Å². The Morgan fingerprint density at radius 1 is 0.963 bits per heavy atom. The molecule has 0 radical (unpaired) electrons. The minimum absolute atomic E-state index is 0.108. The fourth-order valence-corrected chi connectivity index (χ4v) is 2.42. The number of aryl methyl sites for hydroxylation is 1. The molecule has 2 N–H and O–H groups in total. The van der Waals surface area contributed by atoms with Crippen LogP contribution < -0.4 is 10.6 Å². The summed E-state index contributed by atoms with van der Waals surface area (Å²) >= 11 is 0. The molecule has 8 heteroatoms. The van der Waals surface area contributed by atoms with Gasteiger partial charge in [-0.2, -0.15) is 0 Å². The van der Waals surface area contributed by atoms with Gasteiger partial charge >= 0.3 is 0 Å². The Morgan fingerprint density at radius 2 is 1.70 bits per heavy atom. The van der Waals surface area contributed by atoms with Crippen molar-refractivity contribution in [2.45, 2.75) is 13.3 Å². The van der Waals surface area contributed by atoms with Crippen molar-refractivity contribution in [1.29, 1.82) is 0 Å². The molecule has 0 spiro atoms. The number of hydrogen-bond acceptors (Lipinski definition) is 4. The molecule has 3 aromatic rings. The van der Waals surface area contributed by atoms with Crippen molar-refractivity contribution >= 4 is 23.2 Å². The van der Waals surface area contributed by atoms with E-state index in [0.29, 0.717) is 0 Å². The largest absolute Gasteiger partial charge is 0.336 e. The van der Waals surface area contributed by atoms with E-state index in [9.17, 15) is 18.0 Å². The summed E-state index contributed by atoms with van der Waals surface area (Å²) in [6, 6.07) is 12.3. The highest BCUT2D eigenvalue weighted by molar-refractivity contribution is 5.91. The Morgan fingerprint density at radius 3 is 2.41 bits per heavy atom. The van der Waals surface area contributed by atoms with Crippen LogP contribution in [0.15, 0.2) is 48.5 Å². The first-order valence-corrected chi connectivity index (χ1v) is 8.02. The highest BCUT2D eigenvalue weighted by atomic mass is 19.2. The summed E-state index contributed by atoms with van der Waals surface area (Å²) in [6.07, 6.45) is 0.184. The van der Waals surface area contributed by atoms with Gasteiger partial charge in [-0.1, -0.05) is 29.8 Å². The Kier molecular flexibility index (Phi) is 5.35. The van der Waals surface area contributed by atoms with Crippen LogP contribution >= 0.6 is 0 Å². The minimum atomic E-state index is -1.58.